The van der Waals surface area contributed by atoms with Crippen LogP contribution < -0.4 is 0 Å². The molecule has 0 N–H and O–H groups in total. The van der Waals surface area contributed by atoms with Crippen molar-refractivity contribution >= 4 is 31.7 Å². The van der Waals surface area contributed by atoms with Crippen LogP contribution in [0.4, 0.5) is 0 Å². The lowest BCUT2D eigenvalue weighted by Gasteiger charge is -2.08. The van der Waals surface area contributed by atoms with E-state index in [4.69, 9.17) is 4.18 Å². The van der Waals surface area contributed by atoms with Crippen LogP contribution in [0.15, 0.2) is 24.3 Å². The molecule has 2 aromatic rings. The number of benzene rings is 1. The molecular weight excluding hydrogens is 258 g/mol. The summed E-state index contributed by atoms with van der Waals surface area (Å²) in [6.45, 7) is 1.73. The summed E-state index contributed by atoms with van der Waals surface area (Å²) in [6, 6.07) is 7.83. The minimum Gasteiger partial charge on any atom is -0.267 e. The average Bonchev–Trinajstić information content (AvgIpc) is 2.55. The lowest BCUT2D eigenvalue weighted by molar-refractivity contribution is 0.232. The second-order valence-corrected chi connectivity index (χ2v) is 6.61. The number of aromatic nitrogens is 1. The first-order valence-electron chi connectivity index (χ1n) is 5.17. The Bertz CT molecular complexity index is 585. The Balaban J connectivity index is 2.13. The molecule has 0 aliphatic heterocycles. The average molecular weight is 271 g/mol. The van der Waals surface area contributed by atoms with Crippen molar-refractivity contribution < 1.29 is 12.6 Å². The normalized spacial score (nSPS) is 14.0. The fourth-order valence-corrected chi connectivity index (χ4v) is 3.33. The zero-order valence-electron chi connectivity index (χ0n) is 9.58. The molecule has 0 aliphatic rings. The number of hydrogen-bond donors (Lipinski definition) is 0. The molecule has 0 radical (unpaired) electrons. The second-order valence-electron chi connectivity index (χ2n) is 3.89. The van der Waals surface area contributed by atoms with E-state index in [0.717, 1.165) is 21.5 Å². The van der Waals surface area contributed by atoms with Gasteiger partial charge >= 0.3 is 0 Å². The van der Waals surface area contributed by atoms with Gasteiger partial charge in [0.05, 0.1) is 27.6 Å². The highest BCUT2D eigenvalue weighted by Gasteiger charge is 2.13. The van der Waals surface area contributed by atoms with E-state index in [1.165, 1.54) is 0 Å². The Morgan fingerprint density at radius 2 is 2.12 bits per heavy atom. The molecule has 1 aromatic carbocycles. The van der Waals surface area contributed by atoms with Gasteiger partial charge < -0.3 is 0 Å². The highest BCUT2D eigenvalue weighted by atomic mass is 32.2. The van der Waals surface area contributed by atoms with Crippen molar-refractivity contribution in [2.45, 2.75) is 19.4 Å². The predicted octanol–water partition coefficient (Wildman–Crippen LogP) is 2.20. The van der Waals surface area contributed by atoms with Crippen LogP contribution in [0.3, 0.4) is 0 Å². The highest BCUT2D eigenvalue weighted by molar-refractivity contribution is 7.86. The van der Waals surface area contributed by atoms with Crippen molar-refractivity contribution in [3.63, 3.8) is 0 Å². The number of fused-ring (bicyclic) bond motifs is 1. The maximum atomic E-state index is 11.0. The standard InChI is InChI=1S/C11H13NO3S2/c1-8(15-17(2,13)14)7-11-12-9-5-3-4-6-10(9)16-11/h3-6,8H,7H2,1-2H3/t8-/m0/s1. The number of rotatable bonds is 4. The zero-order chi connectivity index (χ0) is 12.5. The van der Waals surface area contributed by atoms with Crippen molar-refractivity contribution in [3.8, 4) is 0 Å². The number of thiazole rings is 1. The summed E-state index contributed by atoms with van der Waals surface area (Å²) < 4.78 is 27.9. The van der Waals surface area contributed by atoms with E-state index in [1.807, 2.05) is 24.3 Å². The first kappa shape index (κ1) is 12.5. The van der Waals surface area contributed by atoms with E-state index in [2.05, 4.69) is 4.98 Å². The maximum absolute atomic E-state index is 11.0. The molecule has 1 heterocycles. The van der Waals surface area contributed by atoms with E-state index in [-0.39, 0.29) is 6.10 Å². The Labute approximate surface area is 104 Å². The van der Waals surface area contributed by atoms with Crippen LogP contribution in [0.2, 0.25) is 0 Å². The van der Waals surface area contributed by atoms with Crippen molar-refractivity contribution in [1.29, 1.82) is 0 Å². The summed E-state index contributed by atoms with van der Waals surface area (Å²) in [4.78, 5) is 4.43. The monoisotopic (exact) mass is 271 g/mol. The molecule has 0 aliphatic carbocycles. The van der Waals surface area contributed by atoms with Gasteiger partial charge in [0, 0.05) is 6.42 Å². The van der Waals surface area contributed by atoms with Gasteiger partial charge in [0.25, 0.3) is 10.1 Å². The number of para-hydroxylation sites is 1. The molecule has 0 amide bonds. The SMILES string of the molecule is C[C@@H](Cc1nc2ccccc2s1)OS(C)(=O)=O. The minimum absolute atomic E-state index is 0.384. The topological polar surface area (TPSA) is 56.3 Å². The van der Waals surface area contributed by atoms with Gasteiger partial charge in [0.2, 0.25) is 0 Å². The van der Waals surface area contributed by atoms with Gasteiger partial charge in [0.15, 0.2) is 0 Å². The lowest BCUT2D eigenvalue weighted by atomic mass is 10.3. The molecule has 6 heteroatoms. The third-order valence-corrected chi connectivity index (χ3v) is 3.88. The van der Waals surface area contributed by atoms with Gasteiger partial charge in [0.1, 0.15) is 0 Å². The van der Waals surface area contributed by atoms with Crippen LogP contribution in [0, 0.1) is 0 Å². The Kier molecular flexibility index (Phi) is 3.46. The van der Waals surface area contributed by atoms with Crippen LogP contribution in [0.1, 0.15) is 11.9 Å². The minimum atomic E-state index is -3.40. The Morgan fingerprint density at radius 1 is 1.41 bits per heavy atom. The van der Waals surface area contributed by atoms with Crippen LogP contribution in [-0.2, 0) is 20.7 Å². The fraction of sp³-hybridized carbons (Fsp3) is 0.364. The van der Waals surface area contributed by atoms with Gasteiger partial charge in [-0.2, -0.15) is 8.42 Å². The molecule has 1 atom stereocenters. The first-order valence-corrected chi connectivity index (χ1v) is 7.80. The summed E-state index contributed by atoms with van der Waals surface area (Å²) in [5.74, 6) is 0. The van der Waals surface area contributed by atoms with Crippen LogP contribution in [-0.4, -0.2) is 25.8 Å². The summed E-state index contributed by atoms with van der Waals surface area (Å²) in [6.07, 6.45) is 1.18. The van der Waals surface area contributed by atoms with Crippen molar-refractivity contribution in [2.75, 3.05) is 6.26 Å². The quantitative estimate of drug-likeness (QED) is 0.800. The van der Waals surface area contributed by atoms with Crippen LogP contribution in [0.25, 0.3) is 10.2 Å². The molecule has 4 nitrogen and oxygen atoms in total. The molecule has 0 saturated heterocycles. The molecule has 92 valence electrons. The number of nitrogens with zero attached hydrogens (tertiary/aromatic N) is 1. The third kappa shape index (κ3) is 3.49. The summed E-state index contributed by atoms with van der Waals surface area (Å²) in [5, 5.41) is 0.891. The van der Waals surface area contributed by atoms with E-state index < -0.39 is 10.1 Å². The van der Waals surface area contributed by atoms with Gasteiger partial charge in [-0.1, -0.05) is 12.1 Å². The molecule has 0 spiro atoms. The van der Waals surface area contributed by atoms with Crippen LogP contribution >= 0.6 is 11.3 Å². The highest BCUT2D eigenvalue weighted by Crippen LogP contribution is 2.23. The predicted molar refractivity (Wildman–Crippen MR) is 68.7 cm³/mol. The van der Waals surface area contributed by atoms with Gasteiger partial charge in [-0.3, -0.25) is 4.18 Å². The molecule has 0 fully saturated rings. The van der Waals surface area contributed by atoms with E-state index in [0.29, 0.717) is 6.42 Å². The Morgan fingerprint density at radius 3 is 2.76 bits per heavy atom. The molecule has 0 saturated carbocycles. The summed E-state index contributed by atoms with van der Waals surface area (Å²) in [7, 11) is -3.40. The van der Waals surface area contributed by atoms with Gasteiger partial charge in [-0.15, -0.1) is 11.3 Å². The van der Waals surface area contributed by atoms with Crippen molar-refractivity contribution in [3.05, 3.63) is 29.3 Å². The molecule has 1 aromatic heterocycles. The molecule has 2 rings (SSSR count). The van der Waals surface area contributed by atoms with E-state index >= 15 is 0 Å². The second kappa shape index (κ2) is 4.72. The largest absolute Gasteiger partial charge is 0.267 e. The maximum Gasteiger partial charge on any atom is 0.264 e. The number of hydrogen-bond acceptors (Lipinski definition) is 5. The van der Waals surface area contributed by atoms with Crippen molar-refractivity contribution in [2.24, 2.45) is 0 Å². The fourth-order valence-electron chi connectivity index (χ4n) is 1.59. The van der Waals surface area contributed by atoms with Crippen LogP contribution in [0.5, 0.6) is 0 Å². The van der Waals surface area contributed by atoms with E-state index in [1.54, 1.807) is 18.3 Å². The van der Waals surface area contributed by atoms with Gasteiger partial charge in [-0.05, 0) is 19.1 Å². The third-order valence-electron chi connectivity index (χ3n) is 2.14. The van der Waals surface area contributed by atoms with E-state index in [9.17, 15) is 8.42 Å². The van der Waals surface area contributed by atoms with Crippen molar-refractivity contribution in [1.82, 2.24) is 4.98 Å². The molecule has 0 unspecified atom stereocenters. The molecule has 0 bridgehead atoms. The lowest BCUT2D eigenvalue weighted by Crippen LogP contribution is -2.16. The Hall–Kier alpha value is -0.980. The molecular formula is C11H13NO3S2. The molecule has 17 heavy (non-hydrogen) atoms. The van der Waals surface area contributed by atoms with Gasteiger partial charge in [-0.25, -0.2) is 4.98 Å². The summed E-state index contributed by atoms with van der Waals surface area (Å²) >= 11 is 1.57. The summed E-state index contributed by atoms with van der Waals surface area (Å²) in [5.41, 5.74) is 0.944. The first-order chi connectivity index (χ1) is 7.94. The smallest absolute Gasteiger partial charge is 0.264 e. The zero-order valence-corrected chi connectivity index (χ0v) is 11.2.